The van der Waals surface area contributed by atoms with Gasteiger partial charge in [-0.25, -0.2) is 0 Å². The summed E-state index contributed by atoms with van der Waals surface area (Å²) in [5.74, 6) is 0.777. The van der Waals surface area contributed by atoms with E-state index in [1.54, 1.807) is 6.20 Å². The van der Waals surface area contributed by atoms with Gasteiger partial charge in [0, 0.05) is 10.9 Å². The molecule has 0 bridgehead atoms. The van der Waals surface area contributed by atoms with Gasteiger partial charge in [0.05, 0.1) is 11.0 Å². The van der Waals surface area contributed by atoms with Crippen LogP contribution in [0.15, 0.2) is 59.9 Å². The second-order valence-corrected chi connectivity index (χ2v) is 8.85. The van der Waals surface area contributed by atoms with Crippen molar-refractivity contribution in [3.8, 4) is 11.4 Å². The minimum atomic E-state index is 0.777. The maximum absolute atomic E-state index is 5.60. The molecule has 2 aromatic rings. The van der Waals surface area contributed by atoms with Crippen molar-refractivity contribution in [2.24, 2.45) is 11.7 Å². The van der Waals surface area contributed by atoms with Gasteiger partial charge >= 0.3 is 0 Å². The lowest BCUT2D eigenvalue weighted by Crippen LogP contribution is -2.22. The Balaban J connectivity index is 1.97. The second kappa shape index (κ2) is 11.6. The summed E-state index contributed by atoms with van der Waals surface area (Å²) in [7, 11) is 0. The minimum absolute atomic E-state index is 0.777. The fraction of sp³-hybridized carbons (Fsp3) is 0.345. The van der Waals surface area contributed by atoms with E-state index in [1.807, 2.05) is 19.1 Å². The second-order valence-electron chi connectivity index (χ2n) is 8.85. The Kier molecular flexibility index (Phi) is 8.53. The molecule has 0 spiro atoms. The maximum Gasteiger partial charge on any atom is 0.116 e. The molecule has 2 aromatic heterocycles. The third-order valence-electron chi connectivity index (χ3n) is 6.58. The van der Waals surface area contributed by atoms with Crippen molar-refractivity contribution in [2.45, 2.75) is 59.3 Å². The topological polar surface area (TPSA) is 70.5 Å². The molecule has 0 saturated heterocycles. The molecular weight excluding hydrogens is 404 g/mol. The van der Waals surface area contributed by atoms with Crippen LogP contribution in [0.2, 0.25) is 0 Å². The van der Waals surface area contributed by atoms with E-state index in [-0.39, 0.29) is 0 Å². The lowest BCUT2D eigenvalue weighted by atomic mass is 9.84. The number of allylic oxidation sites excluding steroid dienone is 7. The summed E-state index contributed by atoms with van der Waals surface area (Å²) in [5.41, 5.74) is 13.1. The standard InChI is InChI=1S/C29H38N4/c1-6-22(16-23-12-10-9-11-13-23)17-24(7-2)25(8-3)18-27-21(5)32-33-29(27)28-19-26(14-15-30)20(4)31-28/h6-8,14-15,17-19,23,31-32H,1,5,9-13,16,30H2,2-4H3/b15-14-,22-17+,24-7+,25-8+,27-18+. The lowest BCUT2D eigenvalue weighted by Gasteiger charge is -2.22. The average molecular weight is 443 g/mol. The van der Waals surface area contributed by atoms with Crippen molar-refractivity contribution >= 4 is 18.7 Å². The van der Waals surface area contributed by atoms with E-state index in [0.29, 0.717) is 0 Å². The van der Waals surface area contributed by atoms with E-state index in [4.69, 9.17) is 5.73 Å². The molecule has 0 aromatic carbocycles. The number of nitrogens with two attached hydrogens (primary N) is 1. The Morgan fingerprint density at radius 1 is 1.18 bits per heavy atom. The van der Waals surface area contributed by atoms with Crippen LogP contribution in [0.25, 0.3) is 30.1 Å². The number of H-pyrrole nitrogens is 2. The first-order valence-electron chi connectivity index (χ1n) is 12.0. The number of nitrogens with zero attached hydrogens (tertiary/aromatic N) is 1. The van der Waals surface area contributed by atoms with Crippen molar-refractivity contribution < 1.29 is 0 Å². The van der Waals surface area contributed by atoms with Gasteiger partial charge in [0.15, 0.2) is 0 Å². The fourth-order valence-electron chi connectivity index (χ4n) is 4.67. The first-order chi connectivity index (χ1) is 16.0. The van der Waals surface area contributed by atoms with Gasteiger partial charge in [0.25, 0.3) is 0 Å². The Hall–Kier alpha value is -3.27. The molecule has 0 unspecified atom stereocenters. The van der Waals surface area contributed by atoms with E-state index < -0.39 is 0 Å². The van der Waals surface area contributed by atoms with E-state index in [0.717, 1.165) is 51.1 Å². The first kappa shape index (κ1) is 24.4. The zero-order chi connectivity index (χ0) is 23.8. The van der Waals surface area contributed by atoms with E-state index >= 15 is 0 Å². The van der Waals surface area contributed by atoms with Gasteiger partial charge in [0.1, 0.15) is 5.69 Å². The molecule has 0 radical (unpaired) electrons. The molecule has 0 amide bonds. The predicted octanol–water partition coefficient (Wildman–Crippen LogP) is 5.81. The molecule has 1 aliphatic rings. The Bertz CT molecular complexity index is 1190. The highest BCUT2D eigenvalue weighted by Gasteiger charge is 2.15. The minimum Gasteiger partial charge on any atom is -0.405 e. The molecule has 33 heavy (non-hydrogen) atoms. The molecule has 174 valence electrons. The monoisotopic (exact) mass is 442 g/mol. The van der Waals surface area contributed by atoms with Crippen LogP contribution in [0.3, 0.4) is 0 Å². The summed E-state index contributed by atoms with van der Waals surface area (Å²) in [4.78, 5) is 3.42. The van der Waals surface area contributed by atoms with Crippen LogP contribution in [0.1, 0.15) is 63.6 Å². The molecule has 4 heteroatoms. The summed E-state index contributed by atoms with van der Waals surface area (Å²) >= 11 is 0. The SMILES string of the molecule is C=C\C(=C/C(=C\C)C(/C=c1/c(-c2cc(/C=C\N)c(C)[nH]2)n[nH]c1=C)=C/C)CC1CCCCC1. The Labute approximate surface area is 198 Å². The number of hydrogen-bond donors (Lipinski definition) is 3. The number of rotatable bonds is 8. The molecule has 1 saturated carbocycles. The van der Waals surface area contributed by atoms with Crippen molar-refractivity contribution in [3.63, 3.8) is 0 Å². The Morgan fingerprint density at radius 3 is 2.55 bits per heavy atom. The van der Waals surface area contributed by atoms with Gasteiger partial charge in [-0.05, 0) is 79.8 Å². The quantitative estimate of drug-likeness (QED) is 0.452. The van der Waals surface area contributed by atoms with Gasteiger partial charge in [-0.1, -0.05) is 69.6 Å². The largest absolute Gasteiger partial charge is 0.405 e. The highest BCUT2D eigenvalue weighted by Crippen LogP contribution is 2.30. The molecule has 0 atom stereocenters. The zero-order valence-electron chi connectivity index (χ0n) is 20.4. The summed E-state index contributed by atoms with van der Waals surface area (Å²) in [6.45, 7) is 14.5. The molecular formula is C29H38N4. The van der Waals surface area contributed by atoms with E-state index in [9.17, 15) is 0 Å². The summed E-state index contributed by atoms with van der Waals surface area (Å²) in [6, 6.07) is 2.07. The number of aryl methyl sites for hydroxylation is 1. The van der Waals surface area contributed by atoms with E-state index in [1.165, 1.54) is 43.3 Å². The van der Waals surface area contributed by atoms with Crippen molar-refractivity contribution in [3.05, 3.63) is 81.7 Å². The van der Waals surface area contributed by atoms with Gasteiger partial charge < -0.3 is 10.7 Å². The van der Waals surface area contributed by atoms with Crippen molar-refractivity contribution in [2.75, 3.05) is 0 Å². The molecule has 4 nitrogen and oxygen atoms in total. The maximum atomic E-state index is 5.60. The van der Waals surface area contributed by atoms with Crippen LogP contribution >= 0.6 is 0 Å². The smallest absolute Gasteiger partial charge is 0.116 e. The van der Waals surface area contributed by atoms with Crippen LogP contribution < -0.4 is 16.3 Å². The highest BCUT2D eigenvalue weighted by molar-refractivity contribution is 5.69. The fourth-order valence-corrected chi connectivity index (χ4v) is 4.67. The van der Waals surface area contributed by atoms with E-state index in [2.05, 4.69) is 72.6 Å². The van der Waals surface area contributed by atoms with Gasteiger partial charge in [-0.15, -0.1) is 0 Å². The van der Waals surface area contributed by atoms with Crippen LogP contribution in [0, 0.1) is 12.8 Å². The lowest BCUT2D eigenvalue weighted by molar-refractivity contribution is 0.358. The third-order valence-corrected chi connectivity index (χ3v) is 6.58. The molecule has 1 aliphatic carbocycles. The van der Waals surface area contributed by atoms with Gasteiger partial charge in [-0.2, -0.15) is 5.10 Å². The zero-order valence-corrected chi connectivity index (χ0v) is 20.4. The normalized spacial score (nSPS) is 17.3. The molecule has 2 heterocycles. The molecule has 0 aliphatic heterocycles. The number of aromatic amines is 2. The third kappa shape index (κ3) is 5.95. The number of nitrogens with one attached hydrogen (secondary N) is 2. The Morgan fingerprint density at radius 2 is 1.91 bits per heavy atom. The molecule has 4 N–H and O–H groups in total. The van der Waals surface area contributed by atoms with Crippen molar-refractivity contribution in [1.29, 1.82) is 0 Å². The van der Waals surface area contributed by atoms with Crippen LogP contribution in [0.4, 0.5) is 0 Å². The molecule has 1 fully saturated rings. The summed E-state index contributed by atoms with van der Waals surface area (Å²) in [5, 5.41) is 9.37. The van der Waals surface area contributed by atoms with Crippen molar-refractivity contribution in [1.82, 2.24) is 15.2 Å². The summed E-state index contributed by atoms with van der Waals surface area (Å²) in [6.07, 6.45) is 22.1. The van der Waals surface area contributed by atoms with Crippen LogP contribution in [0.5, 0.6) is 0 Å². The highest BCUT2D eigenvalue weighted by atomic mass is 15.1. The van der Waals surface area contributed by atoms with Crippen LogP contribution in [-0.4, -0.2) is 15.2 Å². The van der Waals surface area contributed by atoms with Gasteiger partial charge in [-0.3, -0.25) is 5.10 Å². The molecule has 3 rings (SSSR count). The number of aromatic nitrogens is 3. The van der Waals surface area contributed by atoms with Crippen LogP contribution in [-0.2, 0) is 0 Å². The summed E-state index contributed by atoms with van der Waals surface area (Å²) < 4.78 is 0. The average Bonchev–Trinajstić information content (AvgIpc) is 3.37. The van der Waals surface area contributed by atoms with Gasteiger partial charge in [0.2, 0.25) is 0 Å². The predicted molar refractivity (Wildman–Crippen MR) is 143 cm³/mol. The first-order valence-corrected chi connectivity index (χ1v) is 12.0. The number of hydrogen-bond acceptors (Lipinski definition) is 2.